The van der Waals surface area contributed by atoms with Gasteiger partial charge in [0.15, 0.2) is 6.47 Å². The second-order valence-electron chi connectivity index (χ2n) is 2.80. The molecule has 0 aromatic rings. The summed E-state index contributed by atoms with van der Waals surface area (Å²) < 4.78 is 67.0. The van der Waals surface area contributed by atoms with Crippen molar-refractivity contribution in [2.45, 2.75) is 18.8 Å². The molecule has 106 valence electrons. The van der Waals surface area contributed by atoms with Gasteiger partial charge in [0.2, 0.25) is 0 Å². The molecule has 0 fully saturated rings. The van der Waals surface area contributed by atoms with Crippen molar-refractivity contribution in [3.63, 3.8) is 0 Å². The summed E-state index contributed by atoms with van der Waals surface area (Å²) in [5, 5.41) is 0. The van der Waals surface area contributed by atoms with E-state index in [9.17, 15) is 35.9 Å². The molecule has 0 atom stereocenters. The molecule has 0 aliphatic heterocycles. The molecule has 2 nitrogen and oxygen atoms in total. The van der Waals surface area contributed by atoms with E-state index in [1.54, 1.807) is 0 Å². The Morgan fingerprint density at radius 3 is 0.889 bits per heavy atom. The number of alkyl halides is 10. The summed E-state index contributed by atoms with van der Waals surface area (Å²) in [6.45, 7) is 0. The van der Waals surface area contributed by atoms with Crippen LogP contribution in [0, 0.1) is 0 Å². The lowest BCUT2D eigenvalue weighted by molar-refractivity contribution is -0.176. The maximum atomic E-state index is 12.2. The minimum absolute atomic E-state index is 2.13. The average Bonchev–Trinajstić information content (AvgIpc) is 2.12. The van der Waals surface area contributed by atoms with Gasteiger partial charge in [-0.1, -0.05) is 63.7 Å². The number of Topliss-reactive ketones (excluding diaryl/α,β-unsaturated/α-hetero) is 2. The highest BCUT2D eigenvalue weighted by atomic mass is 79.9. The highest BCUT2D eigenvalue weighted by molar-refractivity contribution is 9.31. The lowest BCUT2D eigenvalue weighted by atomic mass is 10.1. The second-order valence-corrected chi connectivity index (χ2v) is 9.69. The Morgan fingerprint density at radius 1 is 0.611 bits per heavy atom. The Hall–Kier alpha value is 0.840. The molecule has 0 rings (SSSR count). The minimum atomic E-state index is -5.45. The van der Waals surface area contributed by atoms with Crippen LogP contribution in [0.3, 0.4) is 0 Å². The van der Waals surface area contributed by atoms with Crippen molar-refractivity contribution in [2.24, 2.45) is 0 Å². The zero-order valence-electron chi connectivity index (χ0n) is 7.60. The second kappa shape index (κ2) is 5.32. The van der Waals surface area contributed by atoms with E-state index in [0.717, 1.165) is 0 Å². The number of hydrogen-bond donors (Lipinski definition) is 0. The standard InChI is InChI=1S/C6Br4F6O2/c7-3(8,1(17)5(11,12)13)4(9,10)2(18)6(14,15)16. The van der Waals surface area contributed by atoms with E-state index in [2.05, 4.69) is 63.7 Å². The van der Waals surface area contributed by atoms with Gasteiger partial charge in [0.05, 0.1) is 0 Å². The lowest BCUT2D eigenvalue weighted by Gasteiger charge is -2.32. The van der Waals surface area contributed by atoms with Crippen LogP contribution in [-0.4, -0.2) is 30.4 Å². The smallest absolute Gasteiger partial charge is 0.287 e. The van der Waals surface area contributed by atoms with Crippen molar-refractivity contribution in [1.29, 1.82) is 0 Å². The molecule has 0 aliphatic rings. The van der Waals surface area contributed by atoms with Gasteiger partial charge < -0.3 is 0 Å². The molecular weight excluding hydrogens is 538 g/mol. The van der Waals surface area contributed by atoms with Gasteiger partial charge in [-0.3, -0.25) is 9.59 Å². The molecule has 0 N–H and O–H groups in total. The van der Waals surface area contributed by atoms with Crippen molar-refractivity contribution >= 4 is 75.3 Å². The summed E-state index contributed by atoms with van der Waals surface area (Å²) in [5.74, 6) is -5.25. The maximum absolute atomic E-state index is 12.2. The van der Waals surface area contributed by atoms with Gasteiger partial charge in [0.1, 0.15) is 0 Å². The largest absolute Gasteiger partial charge is 0.452 e. The number of halogens is 10. The fraction of sp³-hybridized carbons (Fsp3) is 0.667. The number of rotatable bonds is 3. The van der Waals surface area contributed by atoms with Crippen LogP contribution in [0.1, 0.15) is 0 Å². The molecule has 0 radical (unpaired) electrons. The van der Waals surface area contributed by atoms with Crippen molar-refractivity contribution in [3.05, 3.63) is 0 Å². The third-order valence-corrected chi connectivity index (χ3v) is 7.43. The first kappa shape index (κ1) is 18.8. The van der Waals surface area contributed by atoms with Crippen molar-refractivity contribution in [3.8, 4) is 0 Å². The first-order chi connectivity index (χ1) is 7.56. The van der Waals surface area contributed by atoms with E-state index < -0.39 is 30.4 Å². The van der Waals surface area contributed by atoms with Crippen LogP contribution in [0.5, 0.6) is 0 Å². The molecule has 0 amide bonds. The Labute approximate surface area is 129 Å². The molecular formula is C6Br4F6O2. The van der Waals surface area contributed by atoms with Crippen LogP contribution in [-0.2, 0) is 9.59 Å². The molecule has 12 heteroatoms. The number of hydrogen-bond acceptors (Lipinski definition) is 2. The quantitative estimate of drug-likeness (QED) is 0.399. The van der Waals surface area contributed by atoms with E-state index >= 15 is 0 Å². The van der Waals surface area contributed by atoms with Crippen LogP contribution >= 0.6 is 63.7 Å². The van der Waals surface area contributed by atoms with Crippen LogP contribution in [0.15, 0.2) is 0 Å². The minimum Gasteiger partial charge on any atom is -0.287 e. The summed E-state index contributed by atoms with van der Waals surface area (Å²) in [4.78, 5) is 21.9. The predicted molar refractivity (Wildman–Crippen MR) is 63.3 cm³/mol. The topological polar surface area (TPSA) is 34.1 Å². The van der Waals surface area contributed by atoms with Gasteiger partial charge >= 0.3 is 12.4 Å². The first-order valence-corrected chi connectivity index (χ1v) is 6.72. The Balaban J connectivity index is 5.61. The zero-order chi connectivity index (χ0) is 15.2. The van der Waals surface area contributed by atoms with Gasteiger partial charge in [-0.15, -0.1) is 0 Å². The van der Waals surface area contributed by atoms with Crippen molar-refractivity contribution in [1.82, 2.24) is 0 Å². The molecule has 0 heterocycles. The molecule has 18 heavy (non-hydrogen) atoms. The van der Waals surface area contributed by atoms with E-state index in [4.69, 9.17) is 0 Å². The molecule has 0 aromatic carbocycles. The molecule has 0 saturated heterocycles. The highest BCUT2D eigenvalue weighted by Crippen LogP contribution is 2.54. The third-order valence-electron chi connectivity index (χ3n) is 1.48. The highest BCUT2D eigenvalue weighted by Gasteiger charge is 2.67. The van der Waals surface area contributed by atoms with E-state index in [-0.39, 0.29) is 0 Å². The van der Waals surface area contributed by atoms with E-state index in [0.29, 0.717) is 0 Å². The summed E-state index contributed by atoms with van der Waals surface area (Å²) in [7, 11) is 0. The van der Waals surface area contributed by atoms with Crippen LogP contribution in [0.25, 0.3) is 0 Å². The molecule has 0 unspecified atom stereocenters. The van der Waals surface area contributed by atoms with Gasteiger partial charge in [-0.05, 0) is 0 Å². The Bertz CT molecular complexity index is 335. The molecule has 0 bridgehead atoms. The number of carbonyl (C=O) groups excluding carboxylic acids is 2. The molecule has 0 aromatic heterocycles. The summed E-state index contributed by atoms with van der Waals surface area (Å²) in [5.41, 5.74) is 0. The van der Waals surface area contributed by atoms with Crippen LogP contribution in [0.4, 0.5) is 26.3 Å². The molecule has 0 spiro atoms. The van der Waals surface area contributed by atoms with E-state index in [1.807, 2.05) is 0 Å². The van der Waals surface area contributed by atoms with Crippen molar-refractivity contribution < 1.29 is 35.9 Å². The SMILES string of the molecule is O=C(C(F)(F)F)C(Br)(Br)C(Br)(Br)C(=O)C(F)(F)F. The number of carbonyl (C=O) groups is 2. The van der Waals surface area contributed by atoms with E-state index in [1.165, 1.54) is 0 Å². The zero-order valence-corrected chi connectivity index (χ0v) is 13.9. The van der Waals surface area contributed by atoms with Gasteiger partial charge in [0, 0.05) is 0 Å². The summed E-state index contributed by atoms with van der Waals surface area (Å²) in [6.07, 6.45) is -10.9. The Morgan fingerprint density at radius 2 is 0.778 bits per heavy atom. The lowest BCUT2D eigenvalue weighted by Crippen LogP contribution is -2.55. The summed E-state index contributed by atoms with van der Waals surface area (Å²) >= 11 is 8.52. The third kappa shape index (κ3) is 3.69. The Kier molecular flexibility index (Phi) is 5.57. The van der Waals surface area contributed by atoms with Gasteiger partial charge in [-0.2, -0.15) is 26.3 Å². The number of ketones is 2. The maximum Gasteiger partial charge on any atom is 0.452 e. The van der Waals surface area contributed by atoms with Crippen molar-refractivity contribution in [2.75, 3.05) is 0 Å². The monoisotopic (exact) mass is 534 g/mol. The van der Waals surface area contributed by atoms with Crippen LogP contribution < -0.4 is 0 Å². The fourth-order valence-corrected chi connectivity index (χ4v) is 2.26. The first-order valence-electron chi connectivity index (χ1n) is 3.55. The normalized spacial score (nSPS) is 14.6. The predicted octanol–water partition coefficient (Wildman–Crippen LogP) is 4.22. The van der Waals surface area contributed by atoms with Gasteiger partial charge in [-0.25, -0.2) is 0 Å². The fourth-order valence-electron chi connectivity index (χ4n) is 0.641. The molecule has 0 saturated carbocycles. The molecule has 0 aliphatic carbocycles. The summed E-state index contributed by atoms with van der Waals surface area (Å²) in [6, 6.07) is 0. The van der Waals surface area contributed by atoms with Crippen LogP contribution in [0.2, 0.25) is 0 Å². The van der Waals surface area contributed by atoms with Gasteiger partial charge in [0.25, 0.3) is 11.6 Å². The average molecular weight is 538 g/mol.